The molecule has 54 valence electrons. The van der Waals surface area contributed by atoms with E-state index in [1.807, 2.05) is 0 Å². The molecule has 6 heteroatoms. The van der Waals surface area contributed by atoms with Gasteiger partial charge in [-0.05, 0) is 0 Å². The fourth-order valence-corrected chi connectivity index (χ4v) is 0. The van der Waals surface area contributed by atoms with Crippen LogP contribution in [0.1, 0.15) is 7.43 Å². The van der Waals surface area contributed by atoms with Crippen molar-refractivity contribution in [2.24, 2.45) is 0 Å². The normalized spacial score (nSPS) is 4.44. The predicted octanol–water partition coefficient (Wildman–Crippen LogP) is 2.76. The molecule has 0 radical (unpaired) electrons. The van der Waals surface area contributed by atoms with Gasteiger partial charge in [-0.15, -0.1) is 0 Å². The Morgan fingerprint density at radius 3 is 1.33 bits per heavy atom. The van der Waals surface area contributed by atoms with Crippen LogP contribution < -0.4 is 0 Å². The van der Waals surface area contributed by atoms with E-state index in [0.717, 1.165) is 0 Å². The fourth-order valence-electron chi connectivity index (χ4n) is 0. The molecule has 0 aliphatic rings. The molecule has 0 aliphatic heterocycles. The second-order valence-corrected chi connectivity index (χ2v) is 0.419. The predicted molar refractivity (Wildman–Crippen MR) is 21.9 cm³/mol. The molecule has 0 saturated heterocycles. The topological polar surface area (TPSA) is 20.2 Å². The van der Waals surface area contributed by atoms with Crippen LogP contribution in [-0.2, 0) is 0 Å². The maximum absolute atomic E-state index is 10.4. The van der Waals surface area contributed by atoms with Gasteiger partial charge in [0.2, 0.25) is 0 Å². The first kappa shape index (κ1) is 26.8. The van der Waals surface area contributed by atoms with Gasteiger partial charge in [-0.2, -0.15) is 8.78 Å². The largest absolute Gasteiger partial charge is 0.510 e. The van der Waals surface area contributed by atoms with Gasteiger partial charge in [0.05, 0.1) is 0 Å². The molecular weight excluding hydrogens is 395 g/mol. The average Bonchev–Trinajstić information content (AvgIpc) is 1.73. The fraction of sp³-hybridized carbons (Fsp3) is 0.333. The molecular formula is C3H6F4ORf. The van der Waals surface area contributed by atoms with Gasteiger partial charge in [-0.3, -0.25) is 0 Å². The van der Waals surface area contributed by atoms with Crippen molar-refractivity contribution in [1.29, 1.82) is 0 Å². The van der Waals surface area contributed by atoms with E-state index in [1.165, 1.54) is 0 Å². The van der Waals surface area contributed by atoms with E-state index < -0.39 is 6.08 Å². The second-order valence-electron chi connectivity index (χ2n) is 0.419. The summed E-state index contributed by atoms with van der Waals surface area (Å²) in [6.07, 6.45) is -2.31. The number of hydrogen-bond acceptors (Lipinski definition) is 1. The molecule has 0 aromatic heterocycles. The van der Waals surface area contributed by atoms with Crippen molar-refractivity contribution in [3.63, 3.8) is 0 Å². The zero-order valence-corrected chi connectivity index (χ0v) is 10.1. The quantitative estimate of drug-likeness (QED) is 0.489. The summed E-state index contributed by atoms with van der Waals surface area (Å²) in [7, 11) is 0. The minimum absolute atomic E-state index is 0. The number of aliphatic hydroxyl groups is 1. The SMILES string of the molecule is C.FF.OC=C(F)F.[Rf]. The molecule has 0 aromatic rings. The first-order valence-electron chi connectivity index (χ1n) is 1.07. The van der Waals surface area contributed by atoms with Crippen LogP contribution in [0.4, 0.5) is 17.9 Å². The number of rotatable bonds is 0. The van der Waals surface area contributed by atoms with Crippen molar-refractivity contribution in [2.75, 3.05) is 0 Å². The summed E-state index contributed by atoms with van der Waals surface area (Å²) >= 11 is 0. The Bertz CT molecular complexity index is 53.8. The van der Waals surface area contributed by atoms with E-state index in [-0.39, 0.29) is 13.7 Å². The Morgan fingerprint density at radius 1 is 1.22 bits per heavy atom. The third-order valence-corrected chi connectivity index (χ3v) is 0.0976. The van der Waals surface area contributed by atoms with Crippen molar-refractivity contribution >= 4 is 0 Å². The van der Waals surface area contributed by atoms with E-state index in [9.17, 15) is 8.78 Å². The Balaban J connectivity index is -0.0000000286. The Morgan fingerprint density at radius 2 is 1.33 bits per heavy atom. The van der Waals surface area contributed by atoms with Crippen molar-refractivity contribution in [3.05, 3.63) is 12.3 Å². The van der Waals surface area contributed by atoms with Crippen LogP contribution in [-0.4, -0.2) is 5.11 Å². The standard InChI is InChI=1S/C2H2F2O.CH4.F2.Rf/c3-2(4)1-5;;1-2;/h1,5H;1H4;;. The molecule has 1 nitrogen and oxygen atoms in total. The zero-order valence-electron chi connectivity index (χ0n) is 3.74. The Hall–Kier alpha value is -1.74. The summed E-state index contributed by atoms with van der Waals surface area (Å²) in [6.45, 7) is 0. The molecule has 0 spiro atoms. The summed E-state index contributed by atoms with van der Waals surface area (Å²) in [5.74, 6) is 0. The molecule has 0 aliphatic carbocycles. The van der Waals surface area contributed by atoms with E-state index >= 15 is 0 Å². The van der Waals surface area contributed by atoms with Crippen molar-refractivity contribution in [3.8, 4) is 0 Å². The molecule has 9 heavy (non-hydrogen) atoms. The number of aliphatic hydroxyl groups excluding tert-OH is 1. The molecule has 0 unspecified atom stereocenters. The zero-order chi connectivity index (χ0) is 6.28. The second kappa shape index (κ2) is 33.9. The Kier molecular flexibility index (Phi) is 101. The minimum Gasteiger partial charge on any atom is -0.510 e. The molecule has 0 amide bonds. The van der Waals surface area contributed by atoms with Crippen LogP contribution in [0.25, 0.3) is 0 Å². The monoisotopic (exact) mass is 401 g/mol. The van der Waals surface area contributed by atoms with Gasteiger partial charge in [0.1, 0.15) is 6.26 Å². The average molecular weight is 401 g/mol. The van der Waals surface area contributed by atoms with Gasteiger partial charge in [0.25, 0.3) is 0 Å². The molecule has 1 N–H and O–H groups in total. The minimum atomic E-state index is -2.06. The summed E-state index contributed by atoms with van der Waals surface area (Å²) in [6, 6.07) is 0. The molecule has 0 atom stereocenters. The maximum Gasteiger partial charge on any atom is 0.304 e. The van der Waals surface area contributed by atoms with Crippen LogP contribution in [0, 0.1) is 0 Å². The summed E-state index contributed by atoms with van der Waals surface area (Å²) < 4.78 is 36.8. The van der Waals surface area contributed by atoms with Crippen molar-refractivity contribution in [2.45, 2.75) is 7.43 Å². The van der Waals surface area contributed by atoms with Gasteiger partial charge >= 0.3 is 6.08 Å². The number of hydrogen-bond donors (Lipinski definition) is 1. The molecule has 0 aromatic carbocycles. The first-order chi connectivity index (χ1) is 3.27. The molecule has 0 bridgehead atoms. The molecule has 0 fully saturated rings. The van der Waals surface area contributed by atoms with Crippen molar-refractivity contribution in [1.82, 2.24) is 0 Å². The van der Waals surface area contributed by atoms with Crippen LogP contribution in [0.5, 0.6) is 0 Å². The third kappa shape index (κ3) is 1680. The van der Waals surface area contributed by atoms with E-state index in [0.29, 0.717) is 0 Å². The van der Waals surface area contributed by atoms with Gasteiger partial charge in [0, 0.05) is 9.15 Å². The maximum atomic E-state index is 10.4. The van der Waals surface area contributed by atoms with Crippen LogP contribution in [0.2, 0.25) is 0 Å². The summed E-state index contributed by atoms with van der Waals surface area (Å²) in [5, 5.41) is 7.23. The Labute approximate surface area is 44.1 Å². The molecule has 0 saturated carbocycles. The smallest absolute Gasteiger partial charge is 0.304 e. The van der Waals surface area contributed by atoms with Gasteiger partial charge in [0.15, 0.2) is 0 Å². The first-order valence-corrected chi connectivity index (χ1v) is 1.07. The van der Waals surface area contributed by atoms with Crippen LogP contribution in [0.15, 0.2) is 12.3 Å². The summed E-state index contributed by atoms with van der Waals surface area (Å²) in [4.78, 5) is 0. The third-order valence-electron chi connectivity index (χ3n) is 0.0976. The molecule has 0 heterocycles. The van der Waals surface area contributed by atoms with Crippen LogP contribution >= 0.6 is 0 Å². The van der Waals surface area contributed by atoms with Gasteiger partial charge in [-0.1, -0.05) is 7.43 Å². The van der Waals surface area contributed by atoms with E-state index in [4.69, 9.17) is 14.3 Å². The molecule has 0 rings (SSSR count). The van der Waals surface area contributed by atoms with Crippen molar-refractivity contribution < 1.29 is 23.0 Å². The van der Waals surface area contributed by atoms with Gasteiger partial charge in [-0.25, -0.2) is 0 Å². The van der Waals surface area contributed by atoms with E-state index in [2.05, 4.69) is 0 Å². The number of halogens is 4. The summed E-state index contributed by atoms with van der Waals surface area (Å²) in [5.41, 5.74) is 0. The van der Waals surface area contributed by atoms with Gasteiger partial charge < -0.3 is 5.11 Å². The van der Waals surface area contributed by atoms with Crippen LogP contribution in [0.3, 0.4) is 0 Å². The van der Waals surface area contributed by atoms with E-state index in [1.54, 1.807) is 0 Å².